The van der Waals surface area contributed by atoms with Crippen molar-refractivity contribution in [2.75, 3.05) is 0 Å². The van der Waals surface area contributed by atoms with Crippen molar-refractivity contribution in [3.05, 3.63) is 10.7 Å². The predicted molar refractivity (Wildman–Crippen MR) is 46.4 cm³/mol. The molecule has 0 spiro atoms. The molecule has 0 amide bonds. The average Bonchev–Trinajstić information content (AvgIpc) is 2.26. The van der Waals surface area contributed by atoms with Crippen LogP contribution in [0.15, 0.2) is 5.16 Å². The molecule has 0 saturated carbocycles. The van der Waals surface area contributed by atoms with Crippen LogP contribution >= 0.6 is 11.3 Å². The van der Waals surface area contributed by atoms with E-state index in [1.54, 1.807) is 6.21 Å². The summed E-state index contributed by atoms with van der Waals surface area (Å²) in [5.74, 6) is 0. The zero-order valence-corrected chi connectivity index (χ0v) is 7.60. The number of hydrogen-bond acceptors (Lipinski definition) is 4. The van der Waals surface area contributed by atoms with Crippen LogP contribution in [0.4, 0.5) is 0 Å². The summed E-state index contributed by atoms with van der Waals surface area (Å²) in [6.07, 6.45) is 1.61. The number of nitrogens with zero attached hydrogens (tertiary/aromatic N) is 2. The summed E-state index contributed by atoms with van der Waals surface area (Å²) in [5, 5.41) is 5.44. The molecule has 0 fully saturated rings. The lowest BCUT2D eigenvalue weighted by Gasteiger charge is -1.90. The molecule has 60 valence electrons. The Balaban J connectivity index is 2.77. The van der Waals surface area contributed by atoms with Crippen LogP contribution in [0.5, 0.6) is 5.06 Å². The Kier molecular flexibility index (Phi) is 2.59. The first-order valence-electron chi connectivity index (χ1n) is 3.33. The highest BCUT2D eigenvalue weighted by atomic mass is 32.1. The summed E-state index contributed by atoms with van der Waals surface area (Å²) in [6, 6.07) is 0. The summed E-state index contributed by atoms with van der Waals surface area (Å²) >= 11 is 1.51. The van der Waals surface area contributed by atoms with Gasteiger partial charge in [0.15, 0.2) is 0 Å². The molecule has 0 bridgehead atoms. The molecule has 0 atom stereocenters. The second-order valence-electron chi connectivity index (χ2n) is 2.06. The van der Waals surface area contributed by atoms with Gasteiger partial charge in [-0.3, -0.25) is 0 Å². The molecule has 1 aromatic heterocycles. The molecule has 4 heteroatoms. The van der Waals surface area contributed by atoms with Gasteiger partial charge < -0.3 is 4.84 Å². The molecule has 3 nitrogen and oxygen atoms in total. The fourth-order valence-electron chi connectivity index (χ4n) is 0.698. The van der Waals surface area contributed by atoms with Gasteiger partial charge in [0.25, 0.3) is 0 Å². The van der Waals surface area contributed by atoms with Crippen molar-refractivity contribution in [3.8, 4) is 5.06 Å². The van der Waals surface area contributed by atoms with Crippen molar-refractivity contribution in [2.24, 2.45) is 5.16 Å². The van der Waals surface area contributed by atoms with Crippen LogP contribution in [0.25, 0.3) is 0 Å². The maximum absolute atomic E-state index is 5.03. The van der Waals surface area contributed by atoms with E-state index >= 15 is 0 Å². The van der Waals surface area contributed by atoms with E-state index in [4.69, 9.17) is 4.84 Å². The monoisotopic (exact) mass is 170 g/mol. The molecule has 0 aromatic carbocycles. The van der Waals surface area contributed by atoms with Crippen molar-refractivity contribution < 1.29 is 4.84 Å². The maximum atomic E-state index is 5.03. The van der Waals surface area contributed by atoms with Gasteiger partial charge in [-0.05, 0) is 20.8 Å². The standard InChI is InChI=1S/C7H10N2OS/c1-4-8-10-7-5(2)9-6(3)11-7/h4H,1-3H3. The average molecular weight is 170 g/mol. The minimum Gasteiger partial charge on any atom is -0.344 e. The van der Waals surface area contributed by atoms with E-state index in [0.29, 0.717) is 0 Å². The summed E-state index contributed by atoms with van der Waals surface area (Å²) in [6.45, 7) is 5.66. The lowest BCUT2D eigenvalue weighted by Crippen LogP contribution is -1.81. The maximum Gasteiger partial charge on any atom is 0.234 e. The van der Waals surface area contributed by atoms with Crippen LogP contribution in [0.1, 0.15) is 17.6 Å². The number of aryl methyl sites for hydroxylation is 2. The van der Waals surface area contributed by atoms with E-state index in [1.807, 2.05) is 20.8 Å². The molecule has 0 N–H and O–H groups in total. The largest absolute Gasteiger partial charge is 0.344 e. The van der Waals surface area contributed by atoms with Crippen LogP contribution in [-0.2, 0) is 0 Å². The second-order valence-corrected chi connectivity index (χ2v) is 3.23. The quantitative estimate of drug-likeness (QED) is 0.503. The van der Waals surface area contributed by atoms with Crippen LogP contribution < -0.4 is 4.84 Å². The topological polar surface area (TPSA) is 34.5 Å². The van der Waals surface area contributed by atoms with E-state index < -0.39 is 0 Å². The summed E-state index contributed by atoms with van der Waals surface area (Å²) < 4.78 is 0. The number of thiazole rings is 1. The van der Waals surface area contributed by atoms with Crippen molar-refractivity contribution >= 4 is 17.6 Å². The van der Waals surface area contributed by atoms with E-state index in [9.17, 15) is 0 Å². The third-order valence-corrected chi connectivity index (χ3v) is 2.04. The van der Waals surface area contributed by atoms with Gasteiger partial charge in [0.05, 0.1) is 10.7 Å². The first kappa shape index (κ1) is 8.20. The van der Waals surface area contributed by atoms with E-state index in [-0.39, 0.29) is 0 Å². The van der Waals surface area contributed by atoms with Gasteiger partial charge >= 0.3 is 0 Å². The fourth-order valence-corrected chi connectivity index (χ4v) is 1.42. The normalized spacial score (nSPS) is 10.8. The first-order chi connectivity index (χ1) is 5.24. The molecule has 1 rings (SSSR count). The van der Waals surface area contributed by atoms with Gasteiger partial charge in [-0.2, -0.15) is 0 Å². The molecule has 0 aliphatic rings. The van der Waals surface area contributed by atoms with Crippen molar-refractivity contribution in [2.45, 2.75) is 20.8 Å². The lowest BCUT2D eigenvalue weighted by atomic mass is 10.5. The summed E-state index contributed by atoms with van der Waals surface area (Å²) in [7, 11) is 0. The Morgan fingerprint density at radius 3 is 2.73 bits per heavy atom. The molecule has 11 heavy (non-hydrogen) atoms. The number of aromatic nitrogens is 1. The minimum absolute atomic E-state index is 0.778. The van der Waals surface area contributed by atoms with Gasteiger partial charge in [-0.15, -0.1) is 0 Å². The van der Waals surface area contributed by atoms with Gasteiger partial charge in [-0.25, -0.2) is 4.98 Å². The van der Waals surface area contributed by atoms with Crippen LogP contribution in [0.2, 0.25) is 0 Å². The smallest absolute Gasteiger partial charge is 0.234 e. The highest BCUT2D eigenvalue weighted by molar-refractivity contribution is 7.13. The Hall–Kier alpha value is -0.900. The molecule has 0 saturated heterocycles. The van der Waals surface area contributed by atoms with E-state index in [2.05, 4.69) is 10.1 Å². The molecular formula is C7H10N2OS. The predicted octanol–water partition coefficient (Wildman–Crippen LogP) is 2.14. The van der Waals surface area contributed by atoms with E-state index in [1.165, 1.54) is 11.3 Å². The molecule has 1 aromatic rings. The molecule has 0 radical (unpaired) electrons. The third kappa shape index (κ3) is 2.01. The Labute approximate surface area is 69.7 Å². The second kappa shape index (κ2) is 3.48. The van der Waals surface area contributed by atoms with E-state index in [0.717, 1.165) is 15.8 Å². The fraction of sp³-hybridized carbons (Fsp3) is 0.429. The zero-order valence-electron chi connectivity index (χ0n) is 6.79. The molecule has 1 heterocycles. The molecule has 0 aliphatic heterocycles. The SMILES string of the molecule is CC=NOc1sc(C)nc1C. The lowest BCUT2D eigenvalue weighted by molar-refractivity contribution is 0.350. The minimum atomic E-state index is 0.778. The van der Waals surface area contributed by atoms with Gasteiger partial charge in [0, 0.05) is 6.21 Å². The number of hydrogen-bond donors (Lipinski definition) is 0. The van der Waals surface area contributed by atoms with Crippen molar-refractivity contribution in [1.82, 2.24) is 4.98 Å². The molecular weight excluding hydrogens is 160 g/mol. The van der Waals surface area contributed by atoms with Crippen LogP contribution in [0, 0.1) is 13.8 Å². The number of oxime groups is 1. The van der Waals surface area contributed by atoms with Gasteiger partial charge in [-0.1, -0.05) is 16.5 Å². The van der Waals surface area contributed by atoms with Crippen LogP contribution in [-0.4, -0.2) is 11.2 Å². The highest BCUT2D eigenvalue weighted by Crippen LogP contribution is 2.25. The molecule has 0 aliphatic carbocycles. The summed E-state index contributed by atoms with van der Waals surface area (Å²) in [5.41, 5.74) is 0.901. The highest BCUT2D eigenvalue weighted by Gasteiger charge is 2.04. The zero-order chi connectivity index (χ0) is 8.27. The third-order valence-electron chi connectivity index (χ3n) is 1.10. The number of rotatable bonds is 2. The van der Waals surface area contributed by atoms with Gasteiger partial charge in [0.2, 0.25) is 5.06 Å². The van der Waals surface area contributed by atoms with Gasteiger partial charge in [0.1, 0.15) is 0 Å². The molecule has 0 unspecified atom stereocenters. The summed E-state index contributed by atoms with van der Waals surface area (Å²) in [4.78, 5) is 9.22. The van der Waals surface area contributed by atoms with Crippen molar-refractivity contribution in [1.29, 1.82) is 0 Å². The Bertz CT molecular complexity index is 267. The Morgan fingerprint density at radius 1 is 1.55 bits per heavy atom. The first-order valence-corrected chi connectivity index (χ1v) is 4.14. The Morgan fingerprint density at radius 2 is 2.27 bits per heavy atom. The van der Waals surface area contributed by atoms with Crippen molar-refractivity contribution in [3.63, 3.8) is 0 Å². The van der Waals surface area contributed by atoms with Crippen LogP contribution in [0.3, 0.4) is 0 Å².